The molecule has 0 spiro atoms. The number of halogens is 1. The van der Waals surface area contributed by atoms with Gasteiger partial charge in [0.2, 0.25) is 11.8 Å². The molecule has 1 aliphatic heterocycles. The van der Waals surface area contributed by atoms with E-state index in [-0.39, 0.29) is 24.1 Å². The number of benzene rings is 3. The molecule has 4 rings (SSSR count). The monoisotopic (exact) mass is 448 g/mol. The van der Waals surface area contributed by atoms with Crippen LogP contribution in [0.3, 0.4) is 0 Å². The van der Waals surface area contributed by atoms with Crippen molar-refractivity contribution in [2.75, 3.05) is 24.4 Å². The van der Waals surface area contributed by atoms with Gasteiger partial charge in [-0.25, -0.2) is 4.39 Å². The Hall–Kier alpha value is -3.87. The Balaban J connectivity index is 1.72. The van der Waals surface area contributed by atoms with Crippen LogP contribution in [-0.2, 0) is 9.59 Å². The van der Waals surface area contributed by atoms with Gasteiger partial charge < -0.3 is 19.7 Å². The van der Waals surface area contributed by atoms with Crippen LogP contribution in [0.1, 0.15) is 24.4 Å². The van der Waals surface area contributed by atoms with E-state index in [0.717, 1.165) is 5.56 Å². The van der Waals surface area contributed by atoms with Crippen molar-refractivity contribution in [1.29, 1.82) is 0 Å². The van der Waals surface area contributed by atoms with Crippen molar-refractivity contribution in [3.8, 4) is 11.5 Å². The summed E-state index contributed by atoms with van der Waals surface area (Å²) in [7, 11) is 3.17. The number of nitrogens with zero attached hydrogens (tertiary/aromatic N) is 1. The maximum Gasteiger partial charge on any atom is 0.229 e. The number of piperidine rings is 1. The molecule has 0 saturated carbocycles. The van der Waals surface area contributed by atoms with Crippen LogP contribution in [0, 0.1) is 11.7 Å². The first kappa shape index (κ1) is 22.3. The molecular formula is C26H25FN2O4. The van der Waals surface area contributed by atoms with Gasteiger partial charge in [-0.05, 0) is 72.6 Å². The van der Waals surface area contributed by atoms with Crippen LogP contribution in [0.4, 0.5) is 15.8 Å². The van der Waals surface area contributed by atoms with Crippen LogP contribution >= 0.6 is 0 Å². The van der Waals surface area contributed by atoms with E-state index in [1.54, 1.807) is 31.3 Å². The van der Waals surface area contributed by atoms with Crippen molar-refractivity contribution in [3.63, 3.8) is 0 Å². The average molecular weight is 448 g/mol. The third-order valence-corrected chi connectivity index (χ3v) is 5.85. The minimum Gasteiger partial charge on any atom is -0.497 e. The quantitative estimate of drug-likeness (QED) is 0.578. The molecule has 3 aromatic rings. The second kappa shape index (κ2) is 9.73. The number of anilines is 2. The second-order valence-electron chi connectivity index (χ2n) is 7.82. The van der Waals surface area contributed by atoms with E-state index < -0.39 is 12.0 Å². The van der Waals surface area contributed by atoms with Gasteiger partial charge in [0.15, 0.2) is 0 Å². The molecule has 1 fully saturated rings. The maximum atomic E-state index is 13.4. The Morgan fingerprint density at radius 2 is 1.48 bits per heavy atom. The van der Waals surface area contributed by atoms with E-state index in [4.69, 9.17) is 9.47 Å². The van der Waals surface area contributed by atoms with Crippen LogP contribution in [0.5, 0.6) is 11.5 Å². The molecule has 2 atom stereocenters. The lowest BCUT2D eigenvalue weighted by atomic mass is 9.83. The third-order valence-electron chi connectivity index (χ3n) is 5.85. The number of hydrogen-bond acceptors (Lipinski definition) is 4. The van der Waals surface area contributed by atoms with Crippen LogP contribution in [0.15, 0.2) is 72.8 Å². The van der Waals surface area contributed by atoms with Gasteiger partial charge >= 0.3 is 0 Å². The summed E-state index contributed by atoms with van der Waals surface area (Å²) in [6.45, 7) is 0. The first-order chi connectivity index (χ1) is 16.0. The molecule has 2 amide bonds. The predicted molar refractivity (Wildman–Crippen MR) is 124 cm³/mol. The fourth-order valence-electron chi connectivity index (χ4n) is 4.16. The van der Waals surface area contributed by atoms with E-state index in [1.807, 2.05) is 36.4 Å². The molecule has 0 radical (unpaired) electrons. The SMILES string of the molecule is COc1ccc([C@@H]2[C@@H](C(=O)Nc3ccc(F)cc3)CCC(=O)N2c2ccc(OC)cc2)cc1. The summed E-state index contributed by atoms with van der Waals surface area (Å²) in [6, 6.07) is 19.7. The Labute approximate surface area is 191 Å². The van der Waals surface area contributed by atoms with Crippen LogP contribution in [0.2, 0.25) is 0 Å². The molecule has 6 nitrogen and oxygen atoms in total. The highest BCUT2D eigenvalue weighted by molar-refractivity contribution is 6.00. The smallest absolute Gasteiger partial charge is 0.229 e. The number of rotatable bonds is 6. The topological polar surface area (TPSA) is 67.9 Å². The molecule has 170 valence electrons. The molecule has 0 aliphatic carbocycles. The Morgan fingerprint density at radius 3 is 2.06 bits per heavy atom. The van der Waals surface area contributed by atoms with Gasteiger partial charge in [0, 0.05) is 17.8 Å². The van der Waals surface area contributed by atoms with Crippen molar-refractivity contribution >= 4 is 23.2 Å². The highest BCUT2D eigenvalue weighted by atomic mass is 19.1. The molecule has 1 N–H and O–H groups in total. The van der Waals surface area contributed by atoms with Crippen molar-refractivity contribution in [2.24, 2.45) is 5.92 Å². The number of carbonyl (C=O) groups is 2. The lowest BCUT2D eigenvalue weighted by Crippen LogP contribution is -2.46. The number of amides is 2. The van der Waals surface area contributed by atoms with Crippen molar-refractivity contribution < 1.29 is 23.5 Å². The molecule has 1 heterocycles. The number of ether oxygens (including phenoxy) is 2. The standard InChI is InChI=1S/C26H25FN2O4/c1-32-21-11-3-17(4-12-21)25-23(26(31)28-19-7-5-18(27)6-8-19)15-16-24(30)29(25)20-9-13-22(33-2)14-10-20/h3-14,23,25H,15-16H2,1-2H3,(H,28,31)/t23-,25+/m0/s1. The van der Waals surface area contributed by atoms with Gasteiger partial charge in [0.05, 0.1) is 26.2 Å². The van der Waals surface area contributed by atoms with E-state index in [0.29, 0.717) is 29.3 Å². The van der Waals surface area contributed by atoms with Gasteiger partial charge in [0.25, 0.3) is 0 Å². The van der Waals surface area contributed by atoms with E-state index in [9.17, 15) is 14.0 Å². The van der Waals surface area contributed by atoms with E-state index >= 15 is 0 Å². The van der Waals surface area contributed by atoms with E-state index in [1.165, 1.54) is 24.3 Å². The van der Waals surface area contributed by atoms with Gasteiger partial charge in [-0.15, -0.1) is 0 Å². The molecular weight excluding hydrogens is 423 g/mol. The Morgan fingerprint density at radius 1 is 0.909 bits per heavy atom. The van der Waals surface area contributed by atoms with Crippen LogP contribution in [0.25, 0.3) is 0 Å². The number of carbonyl (C=O) groups excluding carboxylic acids is 2. The summed E-state index contributed by atoms with van der Waals surface area (Å²) < 4.78 is 23.8. The second-order valence-corrected chi connectivity index (χ2v) is 7.82. The number of methoxy groups -OCH3 is 2. The van der Waals surface area contributed by atoms with E-state index in [2.05, 4.69) is 5.32 Å². The van der Waals surface area contributed by atoms with Crippen molar-refractivity contribution in [3.05, 3.63) is 84.2 Å². The maximum absolute atomic E-state index is 13.4. The van der Waals surface area contributed by atoms with Gasteiger partial charge in [-0.1, -0.05) is 12.1 Å². The summed E-state index contributed by atoms with van der Waals surface area (Å²) in [6.07, 6.45) is 0.634. The average Bonchev–Trinajstić information content (AvgIpc) is 2.85. The zero-order valence-corrected chi connectivity index (χ0v) is 18.5. The first-order valence-corrected chi connectivity index (χ1v) is 10.7. The molecule has 7 heteroatoms. The predicted octanol–water partition coefficient (Wildman–Crippen LogP) is 4.97. The summed E-state index contributed by atoms with van der Waals surface area (Å²) >= 11 is 0. The van der Waals surface area contributed by atoms with Crippen molar-refractivity contribution in [2.45, 2.75) is 18.9 Å². The fraction of sp³-hybridized carbons (Fsp3) is 0.231. The molecule has 0 aromatic heterocycles. The fourth-order valence-corrected chi connectivity index (χ4v) is 4.16. The highest BCUT2D eigenvalue weighted by Gasteiger charge is 2.41. The number of nitrogens with one attached hydrogen (secondary N) is 1. The van der Waals surface area contributed by atoms with Crippen LogP contribution < -0.4 is 19.7 Å². The van der Waals surface area contributed by atoms with Gasteiger partial charge in [-0.3, -0.25) is 9.59 Å². The zero-order chi connectivity index (χ0) is 23.4. The molecule has 1 aliphatic rings. The summed E-state index contributed by atoms with van der Waals surface area (Å²) in [5.41, 5.74) is 2.00. The van der Waals surface area contributed by atoms with Crippen molar-refractivity contribution in [1.82, 2.24) is 0 Å². The lowest BCUT2D eigenvalue weighted by molar-refractivity contribution is -0.125. The Kier molecular flexibility index (Phi) is 6.58. The van der Waals surface area contributed by atoms with Crippen LogP contribution in [-0.4, -0.2) is 26.0 Å². The summed E-state index contributed by atoms with van der Waals surface area (Å²) in [4.78, 5) is 28.2. The largest absolute Gasteiger partial charge is 0.497 e. The first-order valence-electron chi connectivity index (χ1n) is 10.7. The molecule has 0 bridgehead atoms. The normalized spacial score (nSPS) is 18.0. The molecule has 33 heavy (non-hydrogen) atoms. The third kappa shape index (κ3) is 4.82. The molecule has 0 unspecified atom stereocenters. The number of hydrogen-bond donors (Lipinski definition) is 1. The summed E-state index contributed by atoms with van der Waals surface area (Å²) in [5, 5.41) is 2.88. The zero-order valence-electron chi connectivity index (χ0n) is 18.5. The highest BCUT2D eigenvalue weighted by Crippen LogP contribution is 2.41. The molecule has 1 saturated heterocycles. The molecule has 3 aromatic carbocycles. The summed E-state index contributed by atoms with van der Waals surface area (Å²) in [5.74, 6) is 0.181. The Bertz CT molecular complexity index is 1110. The minimum absolute atomic E-state index is 0.0631. The lowest BCUT2D eigenvalue weighted by Gasteiger charge is -2.41. The minimum atomic E-state index is -0.522. The van der Waals surface area contributed by atoms with Gasteiger partial charge in [-0.2, -0.15) is 0 Å². The van der Waals surface area contributed by atoms with Gasteiger partial charge in [0.1, 0.15) is 17.3 Å².